The number of hydrogen-bond acceptors (Lipinski definition) is 0. The number of allylic oxidation sites excluding steroid dienone is 1. The lowest BCUT2D eigenvalue weighted by Crippen LogP contribution is -1.93. The SMILES string of the molecule is CC[C@H](C=C(F)F)c1ccc(Cl)cc1. The zero-order valence-electron chi connectivity index (χ0n) is 7.81. The summed E-state index contributed by atoms with van der Waals surface area (Å²) in [4.78, 5) is 0. The quantitative estimate of drug-likeness (QED) is 0.692. The highest BCUT2D eigenvalue weighted by atomic mass is 35.5. The minimum atomic E-state index is -1.63. The van der Waals surface area contributed by atoms with Gasteiger partial charge in [0.1, 0.15) is 0 Å². The molecule has 0 radical (unpaired) electrons. The van der Waals surface area contributed by atoms with Crippen LogP contribution in [0.1, 0.15) is 24.8 Å². The first-order chi connectivity index (χ1) is 6.63. The van der Waals surface area contributed by atoms with Crippen LogP contribution in [0.25, 0.3) is 0 Å². The lowest BCUT2D eigenvalue weighted by Gasteiger charge is -2.09. The van der Waals surface area contributed by atoms with Crippen molar-refractivity contribution in [2.75, 3.05) is 0 Å². The summed E-state index contributed by atoms with van der Waals surface area (Å²) in [7, 11) is 0. The van der Waals surface area contributed by atoms with Crippen LogP contribution in [0.5, 0.6) is 0 Å². The Bertz CT molecular complexity index is 313. The summed E-state index contributed by atoms with van der Waals surface area (Å²) in [6.07, 6.45) is -0.00540. The van der Waals surface area contributed by atoms with Crippen molar-refractivity contribution in [1.29, 1.82) is 0 Å². The standard InChI is InChI=1S/C11H11ClF2/c1-2-8(7-11(13)14)9-3-5-10(12)6-4-9/h3-8H,2H2,1H3/t8-/m1/s1. The molecule has 0 amide bonds. The van der Waals surface area contributed by atoms with Gasteiger partial charge in [0.05, 0.1) is 0 Å². The van der Waals surface area contributed by atoms with Crippen molar-refractivity contribution in [3.8, 4) is 0 Å². The zero-order chi connectivity index (χ0) is 10.6. The van der Waals surface area contributed by atoms with E-state index in [-0.39, 0.29) is 5.92 Å². The predicted molar refractivity (Wildman–Crippen MR) is 54.8 cm³/mol. The van der Waals surface area contributed by atoms with Gasteiger partial charge in [-0.15, -0.1) is 0 Å². The summed E-state index contributed by atoms with van der Waals surface area (Å²) in [5, 5.41) is 0.619. The van der Waals surface area contributed by atoms with Gasteiger partial charge in [0, 0.05) is 10.9 Å². The second-order valence-corrected chi connectivity index (χ2v) is 3.46. The molecule has 76 valence electrons. The molecule has 0 aliphatic rings. The average molecular weight is 217 g/mol. The van der Waals surface area contributed by atoms with Crippen molar-refractivity contribution >= 4 is 11.6 Å². The summed E-state index contributed by atoms with van der Waals surface area (Å²) >= 11 is 5.70. The Kier molecular flexibility index (Phi) is 4.08. The Labute approximate surface area is 87.2 Å². The van der Waals surface area contributed by atoms with Gasteiger partial charge in [0.2, 0.25) is 0 Å². The lowest BCUT2D eigenvalue weighted by atomic mass is 9.97. The molecule has 1 atom stereocenters. The van der Waals surface area contributed by atoms with E-state index in [1.54, 1.807) is 24.3 Å². The van der Waals surface area contributed by atoms with Gasteiger partial charge in [0.15, 0.2) is 0 Å². The molecule has 0 N–H and O–H groups in total. The van der Waals surface area contributed by atoms with Gasteiger partial charge in [-0.25, -0.2) is 0 Å². The molecule has 0 unspecified atom stereocenters. The topological polar surface area (TPSA) is 0 Å². The van der Waals surface area contributed by atoms with Crippen molar-refractivity contribution in [2.45, 2.75) is 19.3 Å². The van der Waals surface area contributed by atoms with E-state index in [1.807, 2.05) is 6.92 Å². The first-order valence-electron chi connectivity index (χ1n) is 4.41. The van der Waals surface area contributed by atoms with Crippen molar-refractivity contribution in [1.82, 2.24) is 0 Å². The highest BCUT2D eigenvalue weighted by molar-refractivity contribution is 6.30. The molecule has 3 heteroatoms. The second-order valence-electron chi connectivity index (χ2n) is 3.02. The normalized spacial score (nSPS) is 12.3. The van der Waals surface area contributed by atoms with Crippen molar-refractivity contribution in [3.63, 3.8) is 0 Å². The summed E-state index contributed by atoms with van der Waals surface area (Å²) in [6, 6.07) is 6.97. The Hall–Kier alpha value is -0.890. The van der Waals surface area contributed by atoms with E-state index in [2.05, 4.69) is 0 Å². The van der Waals surface area contributed by atoms with Gasteiger partial charge in [-0.1, -0.05) is 30.7 Å². The molecule has 0 saturated carbocycles. The van der Waals surface area contributed by atoms with E-state index in [1.165, 1.54) is 0 Å². The first kappa shape index (κ1) is 11.2. The van der Waals surface area contributed by atoms with Gasteiger partial charge < -0.3 is 0 Å². The van der Waals surface area contributed by atoms with Gasteiger partial charge in [-0.05, 0) is 30.2 Å². The van der Waals surface area contributed by atoms with E-state index in [4.69, 9.17) is 11.6 Å². The van der Waals surface area contributed by atoms with Gasteiger partial charge in [-0.2, -0.15) is 8.78 Å². The molecule has 1 rings (SSSR count). The Morgan fingerprint density at radius 2 is 1.93 bits per heavy atom. The molecule has 14 heavy (non-hydrogen) atoms. The maximum absolute atomic E-state index is 12.1. The molecular formula is C11H11ClF2. The predicted octanol–water partition coefficient (Wildman–Crippen LogP) is 4.61. The molecule has 1 aromatic carbocycles. The maximum Gasteiger partial charge on any atom is 0.266 e. The molecule has 0 fully saturated rings. The van der Waals surface area contributed by atoms with E-state index in [0.717, 1.165) is 11.6 Å². The molecule has 0 bridgehead atoms. The summed E-state index contributed by atoms with van der Waals surface area (Å²) < 4.78 is 24.1. The molecule has 0 aromatic heterocycles. The van der Waals surface area contributed by atoms with Gasteiger partial charge in [0.25, 0.3) is 6.08 Å². The van der Waals surface area contributed by atoms with Crippen LogP contribution in [-0.2, 0) is 0 Å². The van der Waals surface area contributed by atoms with E-state index < -0.39 is 6.08 Å². The molecule has 0 nitrogen and oxygen atoms in total. The highest BCUT2D eigenvalue weighted by Gasteiger charge is 2.07. The fraction of sp³-hybridized carbons (Fsp3) is 0.273. The minimum Gasteiger partial charge on any atom is -0.174 e. The Morgan fingerprint density at radius 3 is 2.36 bits per heavy atom. The smallest absolute Gasteiger partial charge is 0.174 e. The zero-order valence-corrected chi connectivity index (χ0v) is 8.56. The second kappa shape index (κ2) is 5.11. The lowest BCUT2D eigenvalue weighted by molar-refractivity contribution is 0.414. The van der Waals surface area contributed by atoms with E-state index >= 15 is 0 Å². The molecule has 1 aromatic rings. The summed E-state index contributed by atoms with van der Waals surface area (Å²) in [5.41, 5.74) is 0.865. The fourth-order valence-corrected chi connectivity index (χ4v) is 1.44. The van der Waals surface area contributed by atoms with Crippen molar-refractivity contribution in [2.24, 2.45) is 0 Å². The number of hydrogen-bond donors (Lipinski definition) is 0. The van der Waals surface area contributed by atoms with Crippen LogP contribution in [0.3, 0.4) is 0 Å². The molecule has 0 saturated heterocycles. The average Bonchev–Trinajstić information content (AvgIpc) is 2.15. The molecule has 0 heterocycles. The minimum absolute atomic E-state index is 0.225. The third kappa shape index (κ3) is 3.11. The number of benzene rings is 1. The van der Waals surface area contributed by atoms with E-state index in [0.29, 0.717) is 11.4 Å². The Morgan fingerprint density at radius 1 is 1.36 bits per heavy atom. The summed E-state index contributed by atoms with van der Waals surface area (Å²) in [6.45, 7) is 1.87. The maximum atomic E-state index is 12.1. The van der Waals surface area contributed by atoms with Crippen LogP contribution in [-0.4, -0.2) is 0 Å². The van der Waals surface area contributed by atoms with Crippen LogP contribution in [0.2, 0.25) is 5.02 Å². The van der Waals surface area contributed by atoms with Crippen molar-refractivity contribution < 1.29 is 8.78 Å². The van der Waals surface area contributed by atoms with Crippen LogP contribution >= 0.6 is 11.6 Å². The van der Waals surface area contributed by atoms with Crippen LogP contribution in [0.15, 0.2) is 36.4 Å². The van der Waals surface area contributed by atoms with Gasteiger partial charge >= 0.3 is 0 Å². The van der Waals surface area contributed by atoms with Crippen molar-refractivity contribution in [3.05, 3.63) is 47.0 Å². The number of halogens is 3. The van der Waals surface area contributed by atoms with Crippen LogP contribution < -0.4 is 0 Å². The monoisotopic (exact) mass is 216 g/mol. The summed E-state index contributed by atoms with van der Waals surface area (Å²) in [5.74, 6) is -0.225. The third-order valence-corrected chi connectivity index (χ3v) is 2.32. The van der Waals surface area contributed by atoms with E-state index in [9.17, 15) is 8.78 Å². The first-order valence-corrected chi connectivity index (χ1v) is 4.79. The molecular weight excluding hydrogens is 206 g/mol. The Balaban J connectivity index is 2.90. The van der Waals surface area contributed by atoms with Crippen LogP contribution in [0.4, 0.5) is 8.78 Å². The van der Waals surface area contributed by atoms with Crippen LogP contribution in [0, 0.1) is 0 Å². The third-order valence-electron chi connectivity index (χ3n) is 2.07. The molecule has 0 aliphatic heterocycles. The number of rotatable bonds is 3. The largest absolute Gasteiger partial charge is 0.266 e. The van der Waals surface area contributed by atoms with Gasteiger partial charge in [-0.3, -0.25) is 0 Å². The molecule has 0 spiro atoms. The fourth-order valence-electron chi connectivity index (χ4n) is 1.31. The molecule has 0 aliphatic carbocycles. The highest BCUT2D eigenvalue weighted by Crippen LogP contribution is 2.24.